The van der Waals surface area contributed by atoms with Crippen LogP contribution in [0.2, 0.25) is 0 Å². The first-order chi connectivity index (χ1) is 18.0. The van der Waals surface area contributed by atoms with Gasteiger partial charge in [-0.3, -0.25) is 24.0 Å². The van der Waals surface area contributed by atoms with Crippen molar-refractivity contribution in [3.8, 4) is 0 Å². The van der Waals surface area contributed by atoms with E-state index in [1.54, 1.807) is 0 Å². The van der Waals surface area contributed by atoms with E-state index in [2.05, 4.69) is 21.3 Å². The first-order valence-corrected chi connectivity index (χ1v) is 14.4. The Kier molecular flexibility index (Phi) is 15.1. The summed E-state index contributed by atoms with van der Waals surface area (Å²) in [4.78, 5) is 62.7. The Balaban J connectivity index is 3.17. The third-order valence-electron chi connectivity index (χ3n) is 6.27. The summed E-state index contributed by atoms with van der Waals surface area (Å²) < 4.78 is 0. The summed E-state index contributed by atoms with van der Waals surface area (Å²) in [6.07, 6.45) is 3.89. The zero-order chi connectivity index (χ0) is 28.7. The molecule has 10 nitrogen and oxygen atoms in total. The molecule has 212 valence electrons. The molecule has 0 aliphatic heterocycles. The van der Waals surface area contributed by atoms with Crippen LogP contribution in [0, 0.1) is 11.8 Å². The molecule has 0 spiro atoms. The third-order valence-corrected chi connectivity index (χ3v) is 6.92. The van der Waals surface area contributed by atoms with E-state index >= 15 is 0 Å². The van der Waals surface area contributed by atoms with E-state index in [9.17, 15) is 24.0 Å². The Morgan fingerprint density at radius 3 is 2.05 bits per heavy atom. The van der Waals surface area contributed by atoms with Crippen molar-refractivity contribution in [2.75, 3.05) is 12.0 Å². The van der Waals surface area contributed by atoms with Crippen LogP contribution in [0.1, 0.15) is 52.5 Å². The van der Waals surface area contributed by atoms with E-state index in [0.29, 0.717) is 31.4 Å². The van der Waals surface area contributed by atoms with Gasteiger partial charge in [-0.15, -0.1) is 0 Å². The standard InChI is InChI=1S/C27H43N5O5S/c1-6-18(4)23(32-25(35)20(29-16-33)12-13-38-5)27(37)31-22(15-19-10-8-7-9-11-19)26(36)30-21(24(28)34)14-17(2)3/h7-11,16-18,20-23H,6,12-15H2,1-5H3,(H2,28,34)(H,29,33)(H,30,36)(H,31,37)(H,32,35)/t18-,20-,21-,22-,23-/m0/s1. The molecular weight excluding hydrogens is 506 g/mol. The van der Waals surface area contributed by atoms with Crippen LogP contribution in [0.5, 0.6) is 0 Å². The van der Waals surface area contributed by atoms with Crippen molar-refractivity contribution in [2.45, 2.75) is 77.5 Å². The van der Waals surface area contributed by atoms with Gasteiger partial charge in [0.25, 0.3) is 0 Å². The average molecular weight is 550 g/mol. The average Bonchev–Trinajstić information content (AvgIpc) is 2.88. The van der Waals surface area contributed by atoms with Gasteiger partial charge < -0.3 is 27.0 Å². The highest BCUT2D eigenvalue weighted by Crippen LogP contribution is 2.12. The lowest BCUT2D eigenvalue weighted by molar-refractivity contribution is -0.134. The van der Waals surface area contributed by atoms with E-state index < -0.39 is 47.8 Å². The van der Waals surface area contributed by atoms with E-state index in [1.807, 2.05) is 64.3 Å². The van der Waals surface area contributed by atoms with E-state index in [4.69, 9.17) is 5.73 Å². The molecule has 0 heterocycles. The molecule has 0 saturated carbocycles. The van der Waals surface area contributed by atoms with Gasteiger partial charge in [-0.2, -0.15) is 11.8 Å². The third kappa shape index (κ3) is 11.5. The number of carbonyl (C=O) groups excluding carboxylic acids is 5. The van der Waals surface area contributed by atoms with Gasteiger partial charge in [-0.1, -0.05) is 64.4 Å². The highest BCUT2D eigenvalue weighted by Gasteiger charge is 2.33. The number of amides is 5. The van der Waals surface area contributed by atoms with Crippen LogP contribution in [-0.4, -0.2) is 66.2 Å². The largest absolute Gasteiger partial charge is 0.368 e. The normalized spacial score (nSPS) is 14.9. The summed E-state index contributed by atoms with van der Waals surface area (Å²) in [5.74, 6) is -1.69. The van der Waals surface area contributed by atoms with Gasteiger partial charge in [0.05, 0.1) is 0 Å². The van der Waals surface area contributed by atoms with Crippen molar-refractivity contribution < 1.29 is 24.0 Å². The fraction of sp³-hybridized carbons (Fsp3) is 0.593. The molecule has 1 aromatic rings. The molecule has 0 saturated heterocycles. The molecule has 0 unspecified atom stereocenters. The number of hydrogen-bond donors (Lipinski definition) is 5. The fourth-order valence-electron chi connectivity index (χ4n) is 3.87. The Morgan fingerprint density at radius 1 is 0.921 bits per heavy atom. The van der Waals surface area contributed by atoms with Crippen LogP contribution in [0.25, 0.3) is 0 Å². The van der Waals surface area contributed by atoms with Crippen molar-refractivity contribution in [3.05, 3.63) is 35.9 Å². The van der Waals surface area contributed by atoms with E-state index in [-0.39, 0.29) is 18.3 Å². The molecule has 0 fully saturated rings. The monoisotopic (exact) mass is 549 g/mol. The zero-order valence-electron chi connectivity index (χ0n) is 23.0. The van der Waals surface area contributed by atoms with Crippen molar-refractivity contribution in [2.24, 2.45) is 17.6 Å². The molecule has 6 N–H and O–H groups in total. The van der Waals surface area contributed by atoms with Crippen LogP contribution in [0.3, 0.4) is 0 Å². The van der Waals surface area contributed by atoms with Gasteiger partial charge in [0.15, 0.2) is 0 Å². The van der Waals surface area contributed by atoms with Crippen LogP contribution in [-0.2, 0) is 30.4 Å². The summed E-state index contributed by atoms with van der Waals surface area (Å²) in [5, 5.41) is 10.8. The van der Waals surface area contributed by atoms with Gasteiger partial charge in [0.1, 0.15) is 24.2 Å². The number of benzene rings is 1. The quantitative estimate of drug-likeness (QED) is 0.173. The van der Waals surface area contributed by atoms with Gasteiger partial charge in [0, 0.05) is 6.42 Å². The number of rotatable bonds is 18. The van der Waals surface area contributed by atoms with Crippen LogP contribution < -0.4 is 27.0 Å². The molecule has 0 bridgehead atoms. The van der Waals surface area contributed by atoms with Crippen molar-refractivity contribution >= 4 is 41.8 Å². The van der Waals surface area contributed by atoms with Gasteiger partial charge in [-0.25, -0.2) is 0 Å². The molecule has 5 atom stereocenters. The van der Waals surface area contributed by atoms with Crippen LogP contribution in [0.4, 0.5) is 0 Å². The number of nitrogens with one attached hydrogen (secondary N) is 4. The number of nitrogens with two attached hydrogens (primary N) is 1. The smallest absolute Gasteiger partial charge is 0.243 e. The molecule has 0 aromatic heterocycles. The minimum atomic E-state index is -1.01. The van der Waals surface area contributed by atoms with Crippen molar-refractivity contribution in [1.29, 1.82) is 0 Å². The Morgan fingerprint density at radius 2 is 1.53 bits per heavy atom. The van der Waals surface area contributed by atoms with Crippen molar-refractivity contribution in [3.63, 3.8) is 0 Å². The molecule has 11 heteroatoms. The lowest BCUT2D eigenvalue weighted by Crippen LogP contribution is -2.59. The lowest BCUT2D eigenvalue weighted by Gasteiger charge is -2.28. The summed E-state index contributed by atoms with van der Waals surface area (Å²) in [7, 11) is 0. The number of hydrogen-bond acceptors (Lipinski definition) is 6. The molecule has 1 rings (SSSR count). The van der Waals surface area contributed by atoms with Gasteiger partial charge in [0.2, 0.25) is 30.0 Å². The summed E-state index contributed by atoms with van der Waals surface area (Å²) in [6.45, 7) is 7.55. The van der Waals surface area contributed by atoms with E-state index in [0.717, 1.165) is 5.56 Å². The second-order valence-electron chi connectivity index (χ2n) is 9.83. The molecular formula is C27H43N5O5S. The molecule has 38 heavy (non-hydrogen) atoms. The molecule has 1 aromatic carbocycles. The van der Waals surface area contributed by atoms with Crippen LogP contribution >= 0.6 is 11.8 Å². The second-order valence-corrected chi connectivity index (χ2v) is 10.8. The SMILES string of the molecule is CC[C@H](C)[C@H](NC(=O)[C@H](CCSC)NC=O)C(=O)N[C@@H](Cc1ccccc1)C(=O)N[C@@H](CC(C)C)C(N)=O. The minimum absolute atomic E-state index is 0.110. The molecule has 0 aliphatic carbocycles. The summed E-state index contributed by atoms with van der Waals surface area (Å²) >= 11 is 1.54. The Bertz CT molecular complexity index is 914. The zero-order valence-corrected chi connectivity index (χ0v) is 23.8. The Labute approximate surface area is 230 Å². The maximum Gasteiger partial charge on any atom is 0.243 e. The molecule has 5 amide bonds. The molecule has 0 aliphatic rings. The van der Waals surface area contributed by atoms with Crippen LogP contribution in [0.15, 0.2) is 30.3 Å². The maximum absolute atomic E-state index is 13.5. The number of thioether (sulfide) groups is 1. The maximum atomic E-state index is 13.5. The highest BCUT2D eigenvalue weighted by atomic mass is 32.2. The predicted molar refractivity (Wildman–Crippen MR) is 150 cm³/mol. The van der Waals surface area contributed by atoms with Gasteiger partial charge >= 0.3 is 0 Å². The fourth-order valence-corrected chi connectivity index (χ4v) is 4.35. The second kappa shape index (κ2) is 17.4. The topological polar surface area (TPSA) is 159 Å². The first-order valence-electron chi connectivity index (χ1n) is 13.0. The van der Waals surface area contributed by atoms with Crippen molar-refractivity contribution in [1.82, 2.24) is 21.3 Å². The number of primary amides is 1. The highest BCUT2D eigenvalue weighted by molar-refractivity contribution is 7.98. The number of carbonyl (C=O) groups is 5. The Hall–Kier alpha value is -3.08. The minimum Gasteiger partial charge on any atom is -0.368 e. The molecule has 0 radical (unpaired) electrons. The summed E-state index contributed by atoms with van der Waals surface area (Å²) in [5.41, 5.74) is 6.32. The predicted octanol–water partition coefficient (Wildman–Crippen LogP) is 1.13. The summed E-state index contributed by atoms with van der Waals surface area (Å²) in [6, 6.07) is 5.56. The van der Waals surface area contributed by atoms with E-state index in [1.165, 1.54) is 11.8 Å². The first kappa shape index (κ1) is 32.9. The lowest BCUT2D eigenvalue weighted by atomic mass is 9.96. The van der Waals surface area contributed by atoms with Gasteiger partial charge in [-0.05, 0) is 42.2 Å².